The number of rotatable bonds is 6. The molecule has 3 aromatic carbocycles. The van der Waals surface area contributed by atoms with Crippen molar-refractivity contribution in [3.63, 3.8) is 0 Å². The van der Waals surface area contributed by atoms with E-state index in [1.54, 1.807) is 7.11 Å². The number of allylic oxidation sites excluding steroid dienone is 1. The number of hydrogen-bond donors (Lipinski definition) is 0. The molecule has 3 nitrogen and oxygen atoms in total. The van der Waals surface area contributed by atoms with Crippen molar-refractivity contribution in [1.82, 2.24) is 5.01 Å². The molecular formula is C26H29ClN2OS. The van der Waals surface area contributed by atoms with Gasteiger partial charge in [-0.05, 0) is 61.9 Å². The summed E-state index contributed by atoms with van der Waals surface area (Å²) < 4.78 is 5.37. The number of ether oxygens (including phenoxy) is 1. The van der Waals surface area contributed by atoms with Crippen LogP contribution in [0.4, 0.5) is 5.69 Å². The summed E-state index contributed by atoms with van der Waals surface area (Å²) in [5, 5.41) is 8.14. The Morgan fingerprint density at radius 3 is 2.58 bits per heavy atom. The Hall–Kier alpha value is -2.30. The first kappa shape index (κ1) is 21.9. The summed E-state index contributed by atoms with van der Waals surface area (Å²) in [6, 6.07) is 16.9. The summed E-state index contributed by atoms with van der Waals surface area (Å²) in [5.74, 6) is 1.64. The average molecular weight is 453 g/mol. The number of nitrogens with zero attached hydrogens (tertiary/aromatic N) is 2. The second-order valence-electron chi connectivity index (χ2n) is 7.93. The topological polar surface area (TPSA) is 15.7 Å². The molecule has 0 aromatic heterocycles. The summed E-state index contributed by atoms with van der Waals surface area (Å²) in [5.41, 5.74) is 6.14. The molecule has 3 aromatic rings. The van der Waals surface area contributed by atoms with E-state index in [9.17, 15) is 0 Å². The lowest BCUT2D eigenvalue weighted by Crippen LogP contribution is -2.41. The van der Waals surface area contributed by atoms with Crippen LogP contribution in [0.5, 0.6) is 5.75 Å². The zero-order chi connectivity index (χ0) is 22.1. The Morgan fingerprint density at radius 2 is 1.87 bits per heavy atom. The van der Waals surface area contributed by atoms with E-state index < -0.39 is 0 Å². The van der Waals surface area contributed by atoms with E-state index in [1.807, 2.05) is 23.9 Å². The Labute approximate surface area is 194 Å². The van der Waals surface area contributed by atoms with Crippen LogP contribution in [0.15, 0.2) is 53.4 Å². The van der Waals surface area contributed by atoms with Crippen molar-refractivity contribution in [2.75, 3.05) is 24.5 Å². The van der Waals surface area contributed by atoms with Crippen LogP contribution in [0.25, 0.3) is 16.5 Å². The molecule has 1 aliphatic heterocycles. The molecule has 0 N–H and O–H groups in total. The number of hydrazine groups is 1. The molecule has 5 heteroatoms. The van der Waals surface area contributed by atoms with Gasteiger partial charge >= 0.3 is 0 Å². The smallest absolute Gasteiger partial charge is 0.120 e. The molecule has 0 saturated carbocycles. The van der Waals surface area contributed by atoms with Crippen LogP contribution in [0, 0.1) is 13.8 Å². The maximum absolute atomic E-state index is 6.73. The van der Waals surface area contributed by atoms with Gasteiger partial charge in [0.2, 0.25) is 0 Å². The van der Waals surface area contributed by atoms with Crippen LogP contribution in [-0.2, 0) is 0 Å². The number of benzene rings is 3. The number of halogens is 1. The van der Waals surface area contributed by atoms with Gasteiger partial charge < -0.3 is 4.74 Å². The van der Waals surface area contributed by atoms with Gasteiger partial charge in [-0.25, -0.2) is 0 Å². The second-order valence-corrected chi connectivity index (χ2v) is 9.50. The van der Waals surface area contributed by atoms with Crippen molar-refractivity contribution >= 4 is 45.5 Å². The first-order valence-corrected chi connectivity index (χ1v) is 12.0. The summed E-state index contributed by atoms with van der Waals surface area (Å²) in [6.07, 6.45) is 1.05. The van der Waals surface area contributed by atoms with Gasteiger partial charge in [-0.3, -0.25) is 10.0 Å². The van der Waals surface area contributed by atoms with Crippen LogP contribution in [0.1, 0.15) is 37.0 Å². The summed E-state index contributed by atoms with van der Waals surface area (Å²) >= 11 is 8.59. The molecule has 0 amide bonds. The summed E-state index contributed by atoms with van der Waals surface area (Å²) in [6.45, 7) is 9.79. The Bertz CT molecular complexity index is 1160. The van der Waals surface area contributed by atoms with Crippen LogP contribution < -0.4 is 9.75 Å². The molecule has 0 spiro atoms. The van der Waals surface area contributed by atoms with E-state index in [-0.39, 0.29) is 0 Å². The van der Waals surface area contributed by atoms with Crippen LogP contribution in [-0.4, -0.2) is 24.5 Å². The second kappa shape index (κ2) is 9.05. The molecule has 0 saturated heterocycles. The molecule has 162 valence electrons. The number of aryl methyl sites for hydroxylation is 1. The maximum atomic E-state index is 6.73. The highest BCUT2D eigenvalue weighted by Crippen LogP contribution is 2.45. The van der Waals surface area contributed by atoms with E-state index in [0.717, 1.165) is 30.2 Å². The average Bonchev–Trinajstić information content (AvgIpc) is 3.14. The van der Waals surface area contributed by atoms with Gasteiger partial charge in [-0.15, -0.1) is 11.8 Å². The fraction of sp³-hybridized carbons (Fsp3) is 0.308. The highest BCUT2D eigenvalue weighted by molar-refractivity contribution is 8.03. The molecule has 0 radical (unpaired) electrons. The minimum Gasteiger partial charge on any atom is -0.497 e. The monoisotopic (exact) mass is 452 g/mol. The lowest BCUT2D eigenvalue weighted by atomic mass is 9.99. The fourth-order valence-corrected chi connectivity index (χ4v) is 5.47. The summed E-state index contributed by atoms with van der Waals surface area (Å²) in [4.78, 5) is 1.28. The van der Waals surface area contributed by atoms with E-state index >= 15 is 0 Å². The van der Waals surface area contributed by atoms with Crippen molar-refractivity contribution in [1.29, 1.82) is 0 Å². The van der Waals surface area contributed by atoms with Crippen molar-refractivity contribution in [2.24, 2.45) is 0 Å². The molecule has 0 bridgehead atoms. The number of anilines is 1. The van der Waals surface area contributed by atoms with E-state index in [4.69, 9.17) is 16.3 Å². The van der Waals surface area contributed by atoms with Gasteiger partial charge in [-0.2, -0.15) is 0 Å². The minimum absolute atomic E-state index is 0.712. The van der Waals surface area contributed by atoms with E-state index in [0.29, 0.717) is 5.02 Å². The molecule has 0 unspecified atom stereocenters. The van der Waals surface area contributed by atoms with E-state index in [2.05, 4.69) is 74.1 Å². The molecular weight excluding hydrogens is 424 g/mol. The van der Waals surface area contributed by atoms with Crippen molar-refractivity contribution < 1.29 is 4.74 Å². The Kier molecular flexibility index (Phi) is 6.40. The lowest BCUT2D eigenvalue weighted by Gasteiger charge is -2.39. The third kappa shape index (κ3) is 3.99. The molecule has 0 aliphatic carbocycles. The fourth-order valence-electron chi connectivity index (χ4n) is 4.27. The Balaban J connectivity index is 1.88. The highest BCUT2D eigenvalue weighted by Gasteiger charge is 2.30. The molecule has 0 fully saturated rings. The van der Waals surface area contributed by atoms with Crippen LogP contribution in [0.3, 0.4) is 0 Å². The maximum Gasteiger partial charge on any atom is 0.120 e. The van der Waals surface area contributed by atoms with Gasteiger partial charge in [0.25, 0.3) is 0 Å². The SMILES string of the molecule is CCCN(c1c(C)c(C)cc2ccccc12)N1CSC(C)=C1c1ccc(OC)cc1Cl. The minimum atomic E-state index is 0.712. The number of hydrogen-bond acceptors (Lipinski definition) is 4. The zero-order valence-corrected chi connectivity index (χ0v) is 20.4. The van der Waals surface area contributed by atoms with Gasteiger partial charge in [0, 0.05) is 22.4 Å². The predicted octanol–water partition coefficient (Wildman–Crippen LogP) is 7.65. The first-order valence-electron chi connectivity index (χ1n) is 10.7. The zero-order valence-electron chi connectivity index (χ0n) is 18.8. The Morgan fingerprint density at radius 1 is 1.10 bits per heavy atom. The highest BCUT2D eigenvalue weighted by atomic mass is 35.5. The third-order valence-corrected chi connectivity index (χ3v) is 7.26. The van der Waals surface area contributed by atoms with Gasteiger partial charge in [0.05, 0.1) is 29.4 Å². The normalized spacial score (nSPS) is 13.9. The predicted molar refractivity (Wildman–Crippen MR) is 136 cm³/mol. The largest absolute Gasteiger partial charge is 0.497 e. The first-order chi connectivity index (χ1) is 15.0. The van der Waals surface area contributed by atoms with Gasteiger partial charge in [0.15, 0.2) is 0 Å². The quantitative estimate of drug-likeness (QED) is 0.381. The van der Waals surface area contributed by atoms with Crippen molar-refractivity contribution in [3.05, 3.63) is 75.1 Å². The standard InChI is InChI=1S/C26H29ClN2OS/c1-6-13-28(25-18(3)17(2)14-20-9-7-8-10-22(20)25)29-16-31-19(4)26(29)23-12-11-21(30-5)15-24(23)27/h7-12,14-15H,6,13,16H2,1-5H3. The number of thioether (sulfide) groups is 1. The van der Waals surface area contributed by atoms with Gasteiger partial charge in [-0.1, -0.05) is 48.9 Å². The molecule has 0 atom stereocenters. The van der Waals surface area contributed by atoms with Crippen molar-refractivity contribution in [2.45, 2.75) is 34.1 Å². The van der Waals surface area contributed by atoms with Gasteiger partial charge in [0.1, 0.15) is 5.75 Å². The van der Waals surface area contributed by atoms with Crippen LogP contribution in [0.2, 0.25) is 5.02 Å². The van der Waals surface area contributed by atoms with Crippen molar-refractivity contribution in [3.8, 4) is 5.75 Å². The van der Waals surface area contributed by atoms with E-state index in [1.165, 1.54) is 38.2 Å². The molecule has 4 rings (SSSR count). The number of fused-ring (bicyclic) bond motifs is 1. The molecule has 1 heterocycles. The third-order valence-electron chi connectivity index (χ3n) is 5.95. The number of methoxy groups -OCH3 is 1. The van der Waals surface area contributed by atoms with Crippen LogP contribution >= 0.6 is 23.4 Å². The molecule has 31 heavy (non-hydrogen) atoms. The lowest BCUT2D eigenvalue weighted by molar-refractivity contribution is 0.413. The molecule has 1 aliphatic rings. The summed E-state index contributed by atoms with van der Waals surface area (Å²) in [7, 11) is 1.67.